The van der Waals surface area contributed by atoms with Crippen molar-refractivity contribution in [2.45, 2.75) is 38.8 Å². The van der Waals surface area contributed by atoms with Gasteiger partial charge in [0.2, 0.25) is 0 Å². The van der Waals surface area contributed by atoms with Gasteiger partial charge < -0.3 is 15.5 Å². The van der Waals surface area contributed by atoms with E-state index in [1.807, 2.05) is 6.92 Å². The zero-order valence-electron chi connectivity index (χ0n) is 7.58. The molecule has 0 heterocycles. The first-order valence-corrected chi connectivity index (χ1v) is 4.22. The highest BCUT2D eigenvalue weighted by Gasteiger charge is 2.09. The lowest BCUT2D eigenvalue weighted by Gasteiger charge is -2.11. The van der Waals surface area contributed by atoms with Crippen LogP contribution in [0.15, 0.2) is 0 Å². The van der Waals surface area contributed by atoms with Gasteiger partial charge in [-0.15, -0.1) is 0 Å². The molecule has 72 valence electrons. The highest BCUT2D eigenvalue weighted by molar-refractivity contribution is 5.72. The molecule has 4 heteroatoms. The van der Waals surface area contributed by atoms with Crippen LogP contribution in [0.5, 0.6) is 0 Å². The fraction of sp³-hybridized carbons (Fsp3) is 0.875. The van der Waals surface area contributed by atoms with Gasteiger partial charge >= 0.3 is 5.97 Å². The Morgan fingerprint density at radius 3 is 2.58 bits per heavy atom. The van der Waals surface area contributed by atoms with Gasteiger partial charge in [-0.2, -0.15) is 0 Å². The molecule has 0 spiro atoms. The van der Waals surface area contributed by atoms with Gasteiger partial charge in [0, 0.05) is 0 Å². The molecule has 0 aromatic carbocycles. The molecular weight excluding hydrogens is 158 g/mol. The minimum Gasteiger partial charge on any atom is -0.480 e. The first kappa shape index (κ1) is 11.4. The Balaban J connectivity index is 3.37. The van der Waals surface area contributed by atoms with Crippen LogP contribution in [0.25, 0.3) is 0 Å². The summed E-state index contributed by atoms with van der Waals surface area (Å²) in [6.45, 7) is 4.02. The molecule has 0 fully saturated rings. The molecule has 0 saturated heterocycles. The molecule has 0 aromatic rings. The molecule has 12 heavy (non-hydrogen) atoms. The SMILES string of the molecule is CCC(O)CCNC(C)C(=O)O. The van der Waals surface area contributed by atoms with Crippen LogP contribution in [-0.4, -0.2) is 34.9 Å². The smallest absolute Gasteiger partial charge is 0.320 e. The first-order valence-electron chi connectivity index (χ1n) is 4.22. The van der Waals surface area contributed by atoms with Gasteiger partial charge in [-0.1, -0.05) is 6.92 Å². The summed E-state index contributed by atoms with van der Waals surface area (Å²) in [5, 5.41) is 20.4. The van der Waals surface area contributed by atoms with Crippen molar-refractivity contribution >= 4 is 5.97 Å². The van der Waals surface area contributed by atoms with Gasteiger partial charge in [0.1, 0.15) is 6.04 Å². The lowest BCUT2D eigenvalue weighted by molar-refractivity contribution is -0.139. The number of carboxylic acids is 1. The molecule has 0 saturated carbocycles. The predicted octanol–water partition coefficient (Wildman–Crippen LogP) is 0.210. The van der Waals surface area contributed by atoms with Crippen LogP contribution in [0, 0.1) is 0 Å². The van der Waals surface area contributed by atoms with Crippen molar-refractivity contribution < 1.29 is 15.0 Å². The van der Waals surface area contributed by atoms with Crippen molar-refractivity contribution in [3.63, 3.8) is 0 Å². The molecule has 4 nitrogen and oxygen atoms in total. The van der Waals surface area contributed by atoms with Gasteiger partial charge in [0.05, 0.1) is 6.10 Å². The third-order valence-corrected chi connectivity index (χ3v) is 1.77. The van der Waals surface area contributed by atoms with E-state index in [1.165, 1.54) is 0 Å². The lowest BCUT2D eigenvalue weighted by atomic mass is 10.2. The first-order chi connectivity index (χ1) is 5.57. The van der Waals surface area contributed by atoms with Gasteiger partial charge in [-0.3, -0.25) is 4.79 Å². The molecule has 0 bridgehead atoms. The molecule has 0 rings (SSSR count). The number of nitrogens with one attached hydrogen (secondary N) is 1. The van der Waals surface area contributed by atoms with E-state index >= 15 is 0 Å². The van der Waals surface area contributed by atoms with E-state index in [0.717, 1.165) is 0 Å². The summed E-state index contributed by atoms with van der Waals surface area (Å²) in [4.78, 5) is 10.3. The van der Waals surface area contributed by atoms with E-state index < -0.39 is 12.0 Å². The number of aliphatic carboxylic acids is 1. The van der Waals surface area contributed by atoms with E-state index in [2.05, 4.69) is 5.32 Å². The Kier molecular flexibility index (Phi) is 5.66. The Labute approximate surface area is 72.6 Å². The summed E-state index contributed by atoms with van der Waals surface area (Å²) in [7, 11) is 0. The second-order valence-corrected chi connectivity index (χ2v) is 2.86. The van der Waals surface area contributed by atoms with Crippen molar-refractivity contribution in [1.29, 1.82) is 0 Å². The van der Waals surface area contributed by atoms with E-state index in [4.69, 9.17) is 10.2 Å². The minimum atomic E-state index is -0.860. The topological polar surface area (TPSA) is 69.6 Å². The highest BCUT2D eigenvalue weighted by atomic mass is 16.4. The van der Waals surface area contributed by atoms with Crippen LogP contribution in [0.3, 0.4) is 0 Å². The van der Waals surface area contributed by atoms with Crippen LogP contribution in [-0.2, 0) is 4.79 Å². The number of hydrogen-bond acceptors (Lipinski definition) is 3. The molecule has 2 atom stereocenters. The average molecular weight is 175 g/mol. The Morgan fingerprint density at radius 1 is 1.58 bits per heavy atom. The molecule has 0 aromatic heterocycles. The van der Waals surface area contributed by atoms with Crippen molar-refractivity contribution in [3.8, 4) is 0 Å². The van der Waals surface area contributed by atoms with Crippen molar-refractivity contribution in [2.24, 2.45) is 0 Å². The Morgan fingerprint density at radius 2 is 2.17 bits per heavy atom. The number of aliphatic hydroxyl groups excluding tert-OH is 1. The number of aliphatic hydroxyl groups is 1. The van der Waals surface area contributed by atoms with Crippen LogP contribution in [0.2, 0.25) is 0 Å². The molecule has 0 aliphatic rings. The van der Waals surface area contributed by atoms with Crippen molar-refractivity contribution in [2.75, 3.05) is 6.54 Å². The van der Waals surface area contributed by atoms with Gasteiger partial charge in [-0.05, 0) is 26.3 Å². The second kappa shape index (κ2) is 5.97. The molecule has 0 aliphatic carbocycles. The summed E-state index contributed by atoms with van der Waals surface area (Å²) in [5.74, 6) is -0.860. The summed E-state index contributed by atoms with van der Waals surface area (Å²) < 4.78 is 0. The highest BCUT2D eigenvalue weighted by Crippen LogP contribution is 1.94. The summed E-state index contributed by atoms with van der Waals surface area (Å²) in [6, 6.07) is -0.533. The van der Waals surface area contributed by atoms with Crippen molar-refractivity contribution in [3.05, 3.63) is 0 Å². The number of carbonyl (C=O) groups is 1. The van der Waals surface area contributed by atoms with E-state index in [0.29, 0.717) is 19.4 Å². The maximum absolute atomic E-state index is 10.3. The molecule has 0 aliphatic heterocycles. The third kappa shape index (κ3) is 5.09. The van der Waals surface area contributed by atoms with Crippen molar-refractivity contribution in [1.82, 2.24) is 5.32 Å². The molecular formula is C8H17NO3. The molecule has 3 N–H and O–H groups in total. The van der Waals surface area contributed by atoms with Gasteiger partial charge in [0.15, 0.2) is 0 Å². The van der Waals surface area contributed by atoms with Crippen LogP contribution in [0.1, 0.15) is 26.7 Å². The van der Waals surface area contributed by atoms with E-state index in [1.54, 1.807) is 6.92 Å². The predicted molar refractivity (Wildman–Crippen MR) is 46.0 cm³/mol. The molecule has 0 amide bonds. The quantitative estimate of drug-likeness (QED) is 0.539. The maximum Gasteiger partial charge on any atom is 0.320 e. The van der Waals surface area contributed by atoms with E-state index in [9.17, 15) is 4.79 Å². The maximum atomic E-state index is 10.3. The summed E-state index contributed by atoms with van der Waals surface area (Å²) >= 11 is 0. The van der Waals surface area contributed by atoms with Gasteiger partial charge in [-0.25, -0.2) is 0 Å². The zero-order chi connectivity index (χ0) is 9.56. The van der Waals surface area contributed by atoms with Crippen LogP contribution in [0.4, 0.5) is 0 Å². The number of carboxylic acid groups (broad SMARTS) is 1. The van der Waals surface area contributed by atoms with Gasteiger partial charge in [0.25, 0.3) is 0 Å². The monoisotopic (exact) mass is 175 g/mol. The normalized spacial score (nSPS) is 15.6. The zero-order valence-corrected chi connectivity index (χ0v) is 7.58. The van der Waals surface area contributed by atoms with E-state index in [-0.39, 0.29) is 6.10 Å². The Bertz CT molecular complexity index is 138. The summed E-state index contributed by atoms with van der Waals surface area (Å²) in [5.41, 5.74) is 0. The standard InChI is InChI=1S/C8H17NO3/c1-3-7(10)4-5-9-6(2)8(11)12/h6-7,9-10H,3-5H2,1-2H3,(H,11,12). The fourth-order valence-corrected chi connectivity index (χ4v) is 0.758. The number of hydrogen-bond donors (Lipinski definition) is 3. The largest absolute Gasteiger partial charge is 0.480 e. The second-order valence-electron chi connectivity index (χ2n) is 2.86. The number of rotatable bonds is 6. The average Bonchev–Trinajstić information content (AvgIpc) is 2.03. The minimum absolute atomic E-state index is 0.321. The van der Waals surface area contributed by atoms with Crippen LogP contribution < -0.4 is 5.32 Å². The molecule has 0 radical (unpaired) electrons. The fourth-order valence-electron chi connectivity index (χ4n) is 0.758. The lowest BCUT2D eigenvalue weighted by Crippen LogP contribution is -2.35. The van der Waals surface area contributed by atoms with Crippen LogP contribution >= 0.6 is 0 Å². The summed E-state index contributed by atoms with van der Waals surface area (Å²) in [6.07, 6.45) is 0.996. The molecule has 2 unspecified atom stereocenters. The Hall–Kier alpha value is -0.610. The third-order valence-electron chi connectivity index (χ3n) is 1.77.